The van der Waals surface area contributed by atoms with Crippen molar-refractivity contribution in [3.05, 3.63) is 84.5 Å². The van der Waals surface area contributed by atoms with Crippen molar-refractivity contribution < 1.29 is 13.9 Å². The van der Waals surface area contributed by atoms with Gasteiger partial charge in [0.05, 0.1) is 30.8 Å². The number of rotatable bonds is 6. The third-order valence-corrected chi connectivity index (χ3v) is 7.73. The van der Waals surface area contributed by atoms with E-state index >= 15 is 0 Å². The predicted molar refractivity (Wildman–Crippen MR) is 163 cm³/mol. The fourth-order valence-corrected chi connectivity index (χ4v) is 4.94. The minimum absolute atomic E-state index is 0.0751. The van der Waals surface area contributed by atoms with Crippen molar-refractivity contribution in [2.75, 3.05) is 13.7 Å². The smallest absolute Gasteiger partial charge is 0.282 e. The van der Waals surface area contributed by atoms with E-state index in [0.29, 0.717) is 55.4 Å². The summed E-state index contributed by atoms with van der Waals surface area (Å²) in [4.78, 5) is 18.3. The van der Waals surface area contributed by atoms with Crippen LogP contribution in [-0.4, -0.2) is 29.6 Å². The Morgan fingerprint density at radius 1 is 1.13 bits per heavy atom. The Hall–Kier alpha value is -3.14. The van der Waals surface area contributed by atoms with Gasteiger partial charge in [-0.05, 0) is 63.8 Å². The van der Waals surface area contributed by atoms with Gasteiger partial charge >= 0.3 is 0 Å². The van der Waals surface area contributed by atoms with Gasteiger partial charge in [-0.2, -0.15) is 9.78 Å². The number of benzene rings is 3. The molecule has 0 aliphatic carbocycles. The van der Waals surface area contributed by atoms with E-state index in [-0.39, 0.29) is 16.8 Å². The number of hydrogen-bond acceptors (Lipinski definition) is 6. The van der Waals surface area contributed by atoms with Gasteiger partial charge < -0.3 is 13.9 Å². The predicted octanol–water partition coefficient (Wildman–Crippen LogP) is 8.30. The molecule has 10 heteroatoms. The van der Waals surface area contributed by atoms with Crippen LogP contribution in [0.25, 0.3) is 33.5 Å². The molecule has 0 bridgehead atoms. The van der Waals surface area contributed by atoms with Gasteiger partial charge in [-0.3, -0.25) is 4.79 Å². The average molecular weight is 674 g/mol. The average Bonchev–Trinajstić information content (AvgIpc) is 3.32. The van der Waals surface area contributed by atoms with Gasteiger partial charge in [-0.25, -0.2) is 4.98 Å². The summed E-state index contributed by atoms with van der Waals surface area (Å²) in [5, 5.41) is 6.18. The first-order valence-corrected chi connectivity index (χ1v) is 14.0. The van der Waals surface area contributed by atoms with Crippen LogP contribution in [0.15, 0.2) is 77.9 Å². The first-order chi connectivity index (χ1) is 18.6. The van der Waals surface area contributed by atoms with Gasteiger partial charge in [0, 0.05) is 19.9 Å². The zero-order valence-corrected chi connectivity index (χ0v) is 25.5. The molecule has 0 saturated heterocycles. The van der Waals surface area contributed by atoms with Crippen LogP contribution in [0.4, 0.5) is 0 Å². The van der Waals surface area contributed by atoms with Crippen LogP contribution >= 0.6 is 43.5 Å². The van der Waals surface area contributed by atoms with Crippen LogP contribution in [-0.2, 0) is 0 Å². The number of aromatic nitrogens is 2. The molecule has 39 heavy (non-hydrogen) atoms. The third-order valence-electron chi connectivity index (χ3n) is 5.79. The maximum absolute atomic E-state index is 13.6. The number of furan rings is 1. The molecule has 5 rings (SSSR count). The fraction of sp³-hybridized carbons (Fsp3) is 0.207. The van der Waals surface area contributed by atoms with Gasteiger partial charge in [-0.1, -0.05) is 60.4 Å². The second kappa shape index (κ2) is 10.8. The topological polar surface area (TPSA) is 78.9 Å². The summed E-state index contributed by atoms with van der Waals surface area (Å²) in [6, 6.07) is 16.4. The SMILES string of the molecule is COc1cc(C=Nn2c(-c3cc4cc(Br)ccc4o3)nc3ccccc3c2=O)c(Br)c(Cl)c1OCC(C)(C)C. The number of hydrogen-bond donors (Lipinski definition) is 0. The van der Waals surface area contributed by atoms with Gasteiger partial charge in [0.1, 0.15) is 10.6 Å². The lowest BCUT2D eigenvalue weighted by Crippen LogP contribution is -2.20. The molecule has 0 amide bonds. The summed E-state index contributed by atoms with van der Waals surface area (Å²) < 4.78 is 20.3. The van der Waals surface area contributed by atoms with Crippen LogP contribution in [0.2, 0.25) is 5.02 Å². The van der Waals surface area contributed by atoms with Crippen LogP contribution in [0, 0.1) is 5.41 Å². The molecule has 0 radical (unpaired) electrons. The summed E-state index contributed by atoms with van der Waals surface area (Å²) in [5.74, 6) is 1.54. The molecule has 7 nitrogen and oxygen atoms in total. The van der Waals surface area contributed by atoms with E-state index < -0.39 is 0 Å². The molecule has 0 atom stereocenters. The van der Waals surface area contributed by atoms with E-state index in [2.05, 4.69) is 57.7 Å². The van der Waals surface area contributed by atoms with Crippen molar-refractivity contribution in [2.45, 2.75) is 20.8 Å². The number of fused-ring (bicyclic) bond motifs is 2. The Morgan fingerprint density at radius 2 is 1.90 bits per heavy atom. The molecule has 0 saturated carbocycles. The second-order valence-corrected chi connectivity index (χ2v) is 12.2. The standard InChI is InChI=1S/C29H24Br2ClN3O4/c1-29(2,3)15-38-26-22(37-4)13-17(24(31)25(26)32)14-33-35-27(34-20-8-6-5-7-19(20)28(35)36)23-12-16-11-18(30)9-10-21(16)39-23/h5-14H,15H2,1-4H3. The number of nitrogens with zero attached hydrogens (tertiary/aromatic N) is 3. The highest BCUT2D eigenvalue weighted by atomic mass is 79.9. The van der Waals surface area contributed by atoms with Crippen LogP contribution in [0.5, 0.6) is 11.5 Å². The largest absolute Gasteiger partial charge is 0.493 e. The minimum Gasteiger partial charge on any atom is -0.493 e. The molecular weight excluding hydrogens is 650 g/mol. The van der Waals surface area contributed by atoms with Crippen molar-refractivity contribution in [1.29, 1.82) is 0 Å². The molecule has 0 fully saturated rings. The highest BCUT2D eigenvalue weighted by Gasteiger charge is 2.21. The Morgan fingerprint density at radius 3 is 2.64 bits per heavy atom. The lowest BCUT2D eigenvalue weighted by molar-refractivity contribution is 0.191. The molecule has 0 aliphatic heterocycles. The van der Waals surface area contributed by atoms with E-state index in [1.54, 1.807) is 31.4 Å². The summed E-state index contributed by atoms with van der Waals surface area (Å²) in [7, 11) is 1.54. The summed E-state index contributed by atoms with van der Waals surface area (Å²) >= 11 is 13.7. The van der Waals surface area contributed by atoms with Crippen molar-refractivity contribution in [3.63, 3.8) is 0 Å². The highest BCUT2D eigenvalue weighted by Crippen LogP contribution is 2.42. The first kappa shape index (κ1) is 27.4. The molecule has 200 valence electrons. The third kappa shape index (κ3) is 5.62. The molecule has 0 spiro atoms. The van der Waals surface area contributed by atoms with Crippen molar-refractivity contribution in [2.24, 2.45) is 10.5 Å². The van der Waals surface area contributed by atoms with E-state index in [1.165, 1.54) is 10.9 Å². The van der Waals surface area contributed by atoms with Crippen molar-refractivity contribution in [1.82, 2.24) is 9.66 Å². The number of halogens is 3. The van der Waals surface area contributed by atoms with Gasteiger partial charge in [0.15, 0.2) is 17.3 Å². The lowest BCUT2D eigenvalue weighted by Gasteiger charge is -2.21. The van der Waals surface area contributed by atoms with Crippen LogP contribution in [0.1, 0.15) is 26.3 Å². The first-order valence-electron chi connectivity index (χ1n) is 12.0. The van der Waals surface area contributed by atoms with Crippen molar-refractivity contribution >= 4 is 71.5 Å². The molecule has 0 N–H and O–H groups in total. The molecule has 0 unspecified atom stereocenters. The number of para-hydroxylation sites is 1. The molecule has 5 aromatic rings. The van der Waals surface area contributed by atoms with Crippen molar-refractivity contribution in [3.8, 4) is 23.1 Å². The summed E-state index contributed by atoms with van der Waals surface area (Å²) in [5.41, 5.74) is 1.37. The Bertz CT molecular complexity index is 1810. The molecule has 2 heterocycles. The molecule has 2 aromatic heterocycles. The molecule has 0 aliphatic rings. The summed E-state index contributed by atoms with van der Waals surface area (Å²) in [6.07, 6.45) is 1.52. The lowest BCUT2D eigenvalue weighted by atomic mass is 9.99. The van der Waals surface area contributed by atoms with Gasteiger partial charge in [0.25, 0.3) is 5.56 Å². The Kier molecular flexibility index (Phi) is 7.59. The molecular formula is C29H24Br2ClN3O4. The van der Waals surface area contributed by atoms with Crippen LogP contribution in [0.3, 0.4) is 0 Å². The quantitative estimate of drug-likeness (QED) is 0.170. The Labute approximate surface area is 246 Å². The van der Waals surface area contributed by atoms with E-state index in [0.717, 1.165) is 9.86 Å². The highest BCUT2D eigenvalue weighted by molar-refractivity contribution is 9.10. The zero-order chi connectivity index (χ0) is 27.9. The zero-order valence-electron chi connectivity index (χ0n) is 21.6. The van der Waals surface area contributed by atoms with Gasteiger partial charge in [0.2, 0.25) is 5.82 Å². The molecule has 3 aromatic carbocycles. The maximum Gasteiger partial charge on any atom is 0.282 e. The summed E-state index contributed by atoms with van der Waals surface area (Å²) in [6.45, 7) is 6.64. The normalized spacial score (nSPS) is 12.1. The fourth-order valence-electron chi connectivity index (χ4n) is 3.91. The van der Waals surface area contributed by atoms with E-state index in [1.807, 2.05) is 30.3 Å². The van der Waals surface area contributed by atoms with Crippen LogP contribution < -0.4 is 15.0 Å². The number of ether oxygens (including phenoxy) is 2. The van der Waals surface area contributed by atoms with E-state index in [4.69, 9.17) is 30.5 Å². The minimum atomic E-state index is -0.340. The monoisotopic (exact) mass is 671 g/mol. The second-order valence-electron chi connectivity index (χ2n) is 10.1. The van der Waals surface area contributed by atoms with E-state index in [9.17, 15) is 4.79 Å². The maximum atomic E-state index is 13.6. The number of methoxy groups -OCH3 is 1. The Balaban J connectivity index is 1.65. The van der Waals surface area contributed by atoms with Gasteiger partial charge in [-0.15, -0.1) is 0 Å².